The Morgan fingerprint density at radius 3 is 2.47 bits per heavy atom. The van der Waals surface area contributed by atoms with Gasteiger partial charge in [-0.05, 0) is 43.4 Å². The molecule has 1 aliphatic carbocycles. The van der Waals surface area contributed by atoms with Crippen molar-refractivity contribution >= 4 is 0 Å². The van der Waals surface area contributed by atoms with Crippen LogP contribution in [0.3, 0.4) is 0 Å². The number of aryl methyl sites for hydroxylation is 2. The van der Waals surface area contributed by atoms with Gasteiger partial charge in [-0.15, -0.1) is 0 Å². The highest BCUT2D eigenvalue weighted by Crippen LogP contribution is 2.33. The van der Waals surface area contributed by atoms with Gasteiger partial charge in [0.25, 0.3) is 0 Å². The normalized spacial score (nSPS) is 26.6. The summed E-state index contributed by atoms with van der Waals surface area (Å²) in [6, 6.07) is 6.60. The third-order valence-electron chi connectivity index (χ3n) is 3.69. The molecule has 2 atom stereocenters. The van der Waals surface area contributed by atoms with Crippen LogP contribution in [0.5, 0.6) is 0 Å². The highest BCUT2D eigenvalue weighted by molar-refractivity contribution is 5.32. The van der Waals surface area contributed by atoms with Gasteiger partial charge in [-0.3, -0.25) is 0 Å². The van der Waals surface area contributed by atoms with Crippen molar-refractivity contribution in [3.05, 3.63) is 34.9 Å². The highest BCUT2D eigenvalue weighted by atomic mass is 16.3. The molecular weight excluding hydrogens is 184 g/mol. The lowest BCUT2D eigenvalue weighted by Crippen LogP contribution is -2.22. The van der Waals surface area contributed by atoms with E-state index in [1.807, 2.05) is 0 Å². The minimum atomic E-state index is -0.124. The van der Waals surface area contributed by atoms with Gasteiger partial charge in [0.15, 0.2) is 0 Å². The van der Waals surface area contributed by atoms with Crippen molar-refractivity contribution in [1.29, 1.82) is 0 Å². The van der Waals surface area contributed by atoms with Crippen molar-refractivity contribution in [3.8, 4) is 0 Å². The van der Waals surface area contributed by atoms with Crippen LogP contribution < -0.4 is 0 Å². The van der Waals surface area contributed by atoms with Crippen molar-refractivity contribution in [3.63, 3.8) is 0 Å². The highest BCUT2D eigenvalue weighted by Gasteiger charge is 2.24. The fraction of sp³-hybridized carbons (Fsp3) is 0.571. The maximum Gasteiger partial charge on any atom is 0.0608 e. The van der Waals surface area contributed by atoms with E-state index in [1.165, 1.54) is 29.5 Å². The number of hydrogen-bond acceptors (Lipinski definition) is 1. The smallest absolute Gasteiger partial charge is 0.0608 e. The molecule has 1 aromatic rings. The molecule has 0 amide bonds. The first kappa shape index (κ1) is 10.7. The Balaban J connectivity index is 2.24. The van der Waals surface area contributed by atoms with Crippen LogP contribution in [0.25, 0.3) is 0 Å². The van der Waals surface area contributed by atoms with Gasteiger partial charge in [0.2, 0.25) is 0 Å². The standard InChI is InChI=1S/C14H20O/c1-10-7-8-12(9-11(10)2)13-5-3-4-6-14(13)15/h7-9,13-15H,3-6H2,1-2H3/t13-,14+/m0/s1. The average Bonchev–Trinajstić information content (AvgIpc) is 2.23. The molecule has 1 saturated carbocycles. The third-order valence-corrected chi connectivity index (χ3v) is 3.69. The predicted molar refractivity (Wildman–Crippen MR) is 63.1 cm³/mol. The van der Waals surface area contributed by atoms with Crippen LogP contribution in [0.2, 0.25) is 0 Å². The summed E-state index contributed by atoms with van der Waals surface area (Å²) in [5, 5.41) is 9.98. The fourth-order valence-electron chi connectivity index (χ4n) is 2.50. The van der Waals surface area contributed by atoms with Gasteiger partial charge < -0.3 is 5.11 Å². The van der Waals surface area contributed by atoms with Gasteiger partial charge in [-0.2, -0.15) is 0 Å². The van der Waals surface area contributed by atoms with Crippen LogP contribution in [0.15, 0.2) is 18.2 Å². The van der Waals surface area contributed by atoms with Crippen LogP contribution >= 0.6 is 0 Å². The largest absolute Gasteiger partial charge is 0.392 e. The maximum absolute atomic E-state index is 9.98. The van der Waals surface area contributed by atoms with E-state index in [2.05, 4.69) is 32.0 Å². The first-order valence-corrected chi connectivity index (χ1v) is 5.93. The molecule has 1 heteroatoms. The molecule has 0 radical (unpaired) electrons. The molecule has 0 saturated heterocycles. The van der Waals surface area contributed by atoms with E-state index in [4.69, 9.17) is 0 Å². The number of rotatable bonds is 1. The fourth-order valence-corrected chi connectivity index (χ4v) is 2.50. The van der Waals surface area contributed by atoms with E-state index in [1.54, 1.807) is 0 Å². The van der Waals surface area contributed by atoms with E-state index in [-0.39, 0.29) is 6.10 Å². The van der Waals surface area contributed by atoms with E-state index >= 15 is 0 Å². The van der Waals surface area contributed by atoms with Crippen molar-refractivity contribution in [1.82, 2.24) is 0 Å². The molecule has 0 unspecified atom stereocenters. The Hall–Kier alpha value is -0.820. The monoisotopic (exact) mass is 204 g/mol. The summed E-state index contributed by atoms with van der Waals surface area (Å²) in [6.07, 6.45) is 4.43. The van der Waals surface area contributed by atoms with Crippen molar-refractivity contribution in [2.45, 2.75) is 51.6 Å². The zero-order valence-corrected chi connectivity index (χ0v) is 9.66. The van der Waals surface area contributed by atoms with Crippen LogP contribution in [0.1, 0.15) is 48.3 Å². The molecule has 0 heterocycles. The Morgan fingerprint density at radius 2 is 1.80 bits per heavy atom. The molecule has 15 heavy (non-hydrogen) atoms. The average molecular weight is 204 g/mol. The van der Waals surface area contributed by atoms with Gasteiger partial charge in [0, 0.05) is 5.92 Å². The van der Waals surface area contributed by atoms with Gasteiger partial charge >= 0.3 is 0 Å². The SMILES string of the molecule is Cc1ccc([C@@H]2CCCC[C@H]2O)cc1C. The van der Waals surface area contributed by atoms with Crippen molar-refractivity contribution < 1.29 is 5.11 Å². The van der Waals surface area contributed by atoms with Crippen LogP contribution in [-0.4, -0.2) is 11.2 Å². The minimum absolute atomic E-state index is 0.124. The second-order valence-electron chi connectivity index (χ2n) is 4.80. The molecule has 1 fully saturated rings. The molecule has 0 aliphatic heterocycles. The maximum atomic E-state index is 9.98. The van der Waals surface area contributed by atoms with Crippen LogP contribution in [0.4, 0.5) is 0 Å². The first-order valence-electron chi connectivity index (χ1n) is 5.93. The minimum Gasteiger partial charge on any atom is -0.392 e. The summed E-state index contributed by atoms with van der Waals surface area (Å²) in [5.74, 6) is 0.373. The van der Waals surface area contributed by atoms with Crippen molar-refractivity contribution in [2.24, 2.45) is 0 Å². The number of hydrogen-bond donors (Lipinski definition) is 1. The Kier molecular flexibility index (Phi) is 3.11. The molecule has 82 valence electrons. The number of benzene rings is 1. The molecule has 1 nitrogen and oxygen atoms in total. The quantitative estimate of drug-likeness (QED) is 0.744. The summed E-state index contributed by atoms with van der Waals surface area (Å²) in [4.78, 5) is 0. The predicted octanol–water partition coefficient (Wildman–Crippen LogP) is 3.32. The summed E-state index contributed by atoms with van der Waals surface area (Å²) in [5.41, 5.74) is 4.00. The molecule has 2 rings (SSSR count). The van der Waals surface area contributed by atoms with E-state index in [9.17, 15) is 5.11 Å². The number of aliphatic hydroxyl groups excluding tert-OH is 1. The van der Waals surface area contributed by atoms with Crippen LogP contribution in [-0.2, 0) is 0 Å². The topological polar surface area (TPSA) is 20.2 Å². The summed E-state index contributed by atoms with van der Waals surface area (Å²) in [7, 11) is 0. The van der Waals surface area contributed by atoms with E-state index in [0.717, 1.165) is 12.8 Å². The van der Waals surface area contributed by atoms with Gasteiger partial charge in [-0.1, -0.05) is 31.0 Å². The third kappa shape index (κ3) is 2.23. The molecular formula is C14H20O. The van der Waals surface area contributed by atoms with Gasteiger partial charge in [-0.25, -0.2) is 0 Å². The Bertz CT molecular complexity index is 343. The summed E-state index contributed by atoms with van der Waals surface area (Å²) < 4.78 is 0. The molecule has 1 aromatic carbocycles. The Morgan fingerprint density at radius 1 is 1.07 bits per heavy atom. The molecule has 1 aliphatic rings. The summed E-state index contributed by atoms with van der Waals surface area (Å²) >= 11 is 0. The second-order valence-corrected chi connectivity index (χ2v) is 4.80. The summed E-state index contributed by atoms with van der Waals surface area (Å²) in [6.45, 7) is 4.28. The lowest BCUT2D eigenvalue weighted by Gasteiger charge is -2.28. The molecule has 0 spiro atoms. The molecule has 1 N–H and O–H groups in total. The molecule has 0 bridgehead atoms. The second kappa shape index (κ2) is 4.36. The van der Waals surface area contributed by atoms with Crippen LogP contribution in [0, 0.1) is 13.8 Å². The van der Waals surface area contributed by atoms with Crippen molar-refractivity contribution in [2.75, 3.05) is 0 Å². The zero-order valence-electron chi connectivity index (χ0n) is 9.66. The lowest BCUT2D eigenvalue weighted by atomic mass is 9.81. The van der Waals surface area contributed by atoms with E-state index < -0.39 is 0 Å². The van der Waals surface area contributed by atoms with Gasteiger partial charge in [0.1, 0.15) is 0 Å². The first-order chi connectivity index (χ1) is 7.18. The van der Waals surface area contributed by atoms with E-state index in [0.29, 0.717) is 5.92 Å². The Labute approximate surface area is 92.1 Å². The zero-order chi connectivity index (χ0) is 10.8. The molecule has 0 aromatic heterocycles. The number of aliphatic hydroxyl groups is 1. The van der Waals surface area contributed by atoms with Gasteiger partial charge in [0.05, 0.1) is 6.10 Å². The lowest BCUT2D eigenvalue weighted by molar-refractivity contribution is 0.106.